The van der Waals surface area contributed by atoms with E-state index in [-0.39, 0.29) is 11.9 Å². The van der Waals surface area contributed by atoms with Crippen LogP contribution in [0.5, 0.6) is 0 Å². The van der Waals surface area contributed by atoms with Crippen LogP contribution in [-0.4, -0.2) is 71.3 Å². The van der Waals surface area contributed by atoms with Crippen molar-refractivity contribution >= 4 is 28.3 Å². The third-order valence-electron chi connectivity index (χ3n) is 7.26. The van der Waals surface area contributed by atoms with Crippen LogP contribution >= 0.6 is 0 Å². The molecule has 4 rings (SSSR count). The number of hydrogen-bond acceptors (Lipinski definition) is 8. The molecule has 0 saturated heterocycles. The van der Waals surface area contributed by atoms with Crippen molar-refractivity contribution in [1.29, 1.82) is 0 Å². The van der Waals surface area contributed by atoms with E-state index in [9.17, 15) is 10.0 Å². The van der Waals surface area contributed by atoms with Gasteiger partial charge < -0.3 is 20.2 Å². The van der Waals surface area contributed by atoms with Gasteiger partial charge in [0.25, 0.3) is 12.1 Å². The highest BCUT2D eigenvalue weighted by molar-refractivity contribution is 5.90. The Bertz CT molecular complexity index is 1220. The molecule has 3 heterocycles. The van der Waals surface area contributed by atoms with E-state index >= 15 is 0 Å². The highest BCUT2D eigenvalue weighted by Gasteiger charge is 2.24. The second kappa shape index (κ2) is 13.5. The fraction of sp³-hybridized carbons (Fsp3) is 0.517. The van der Waals surface area contributed by atoms with Gasteiger partial charge in [-0.05, 0) is 76.3 Å². The number of ether oxygens (including phenoxy) is 1. The Hall–Kier alpha value is -3.30. The summed E-state index contributed by atoms with van der Waals surface area (Å²) in [6, 6.07) is 11.5. The molecule has 1 aliphatic rings. The fourth-order valence-electron chi connectivity index (χ4n) is 4.96. The van der Waals surface area contributed by atoms with E-state index < -0.39 is 6.04 Å². The first-order valence-corrected chi connectivity index (χ1v) is 13.7. The molecule has 3 N–H and O–H groups in total. The molecule has 1 aromatic carbocycles. The summed E-state index contributed by atoms with van der Waals surface area (Å²) in [6.45, 7) is 7.10. The summed E-state index contributed by atoms with van der Waals surface area (Å²) in [7, 11) is 1.73. The standard InChI is InChI=1S/C29H40N6O3/c1-21(38-3)19-34(17-7-6-10-24-14-13-23-9-8-16-30-28(23)32-24)18-15-26(22(2)36)33-29-25-11-4-5-12-27(25)31-20-35(29)37/h4-5,11-14,20-21,26,37H,6-10,15-19H2,1-3H3,(H,30,32)/p+1/t21-,26+/m1/s1. The zero-order valence-electron chi connectivity index (χ0n) is 22.8. The van der Waals surface area contributed by atoms with Crippen LogP contribution < -0.4 is 15.4 Å². The maximum absolute atomic E-state index is 12.6. The Morgan fingerprint density at radius 2 is 2.08 bits per heavy atom. The molecular weight excluding hydrogens is 480 g/mol. The molecule has 0 radical (unpaired) electrons. The summed E-state index contributed by atoms with van der Waals surface area (Å²) in [4.78, 5) is 24.0. The van der Waals surface area contributed by atoms with Crippen molar-refractivity contribution in [2.24, 2.45) is 0 Å². The van der Waals surface area contributed by atoms with Crippen molar-refractivity contribution in [3.8, 4) is 0 Å². The summed E-state index contributed by atoms with van der Waals surface area (Å²) >= 11 is 0. The number of benzene rings is 1. The zero-order chi connectivity index (χ0) is 26.9. The molecule has 0 amide bonds. The quantitative estimate of drug-likeness (QED) is 0.168. The smallest absolute Gasteiger partial charge is 0.271 e. The van der Waals surface area contributed by atoms with Crippen LogP contribution in [0.2, 0.25) is 0 Å². The van der Waals surface area contributed by atoms with Crippen LogP contribution in [0.3, 0.4) is 0 Å². The van der Waals surface area contributed by atoms with Gasteiger partial charge in [-0.15, -0.1) is 4.98 Å². The number of fused-ring (bicyclic) bond motifs is 2. The van der Waals surface area contributed by atoms with Crippen molar-refractivity contribution in [3.63, 3.8) is 0 Å². The highest BCUT2D eigenvalue weighted by Crippen LogP contribution is 2.21. The van der Waals surface area contributed by atoms with Crippen molar-refractivity contribution in [2.75, 3.05) is 43.9 Å². The Morgan fingerprint density at radius 3 is 2.89 bits per heavy atom. The third kappa shape index (κ3) is 7.39. The van der Waals surface area contributed by atoms with Crippen molar-refractivity contribution in [1.82, 2.24) is 14.9 Å². The largest absolute Gasteiger partial charge is 0.380 e. The van der Waals surface area contributed by atoms with Crippen LogP contribution in [0.15, 0.2) is 42.7 Å². The maximum atomic E-state index is 12.6. The third-order valence-corrected chi connectivity index (χ3v) is 7.26. The van der Waals surface area contributed by atoms with Gasteiger partial charge in [-0.3, -0.25) is 10.1 Å². The van der Waals surface area contributed by atoms with Crippen LogP contribution in [0.4, 0.5) is 11.6 Å². The molecule has 9 heteroatoms. The van der Waals surface area contributed by atoms with Crippen LogP contribution in [-0.2, 0) is 22.4 Å². The van der Waals surface area contributed by atoms with E-state index in [1.165, 1.54) is 18.3 Å². The van der Waals surface area contributed by atoms with Gasteiger partial charge in [-0.1, -0.05) is 22.9 Å². The number of hydrogen-bond donors (Lipinski definition) is 3. The van der Waals surface area contributed by atoms with Gasteiger partial charge in [0, 0.05) is 38.9 Å². The lowest BCUT2D eigenvalue weighted by atomic mass is 10.1. The van der Waals surface area contributed by atoms with Crippen molar-refractivity contribution in [2.45, 2.75) is 64.5 Å². The van der Waals surface area contributed by atoms with E-state index in [1.54, 1.807) is 14.0 Å². The number of rotatable bonds is 14. The molecule has 0 unspecified atom stereocenters. The lowest BCUT2D eigenvalue weighted by molar-refractivity contribution is -0.894. The number of nitrogens with one attached hydrogen (secondary N) is 2. The van der Waals surface area contributed by atoms with Gasteiger partial charge in [0.15, 0.2) is 11.3 Å². The number of pyridine rings is 1. The highest BCUT2D eigenvalue weighted by atomic mass is 16.5. The minimum atomic E-state index is -0.438. The monoisotopic (exact) mass is 521 g/mol. The molecule has 1 aliphatic heterocycles. The van der Waals surface area contributed by atoms with E-state index in [1.807, 2.05) is 24.3 Å². The number of methoxy groups -OCH3 is 1. The fourth-order valence-corrected chi connectivity index (χ4v) is 4.96. The number of aryl methyl sites for hydroxylation is 2. The first kappa shape index (κ1) is 27.7. The van der Waals surface area contributed by atoms with Crippen molar-refractivity contribution < 1.29 is 19.5 Å². The Labute approximate surface area is 225 Å². The molecule has 0 fully saturated rings. The normalized spacial score (nSPS) is 14.6. The van der Waals surface area contributed by atoms with Gasteiger partial charge in [0.05, 0.1) is 11.5 Å². The molecule has 2 aromatic heterocycles. The summed E-state index contributed by atoms with van der Waals surface area (Å²) in [5.41, 5.74) is 3.21. The minimum absolute atomic E-state index is 0.0257. The Kier molecular flexibility index (Phi) is 9.84. The van der Waals surface area contributed by atoms with E-state index in [0.717, 1.165) is 79.0 Å². The molecule has 3 aromatic rings. The summed E-state index contributed by atoms with van der Waals surface area (Å²) in [5.74, 6) is 1.55. The second-order valence-electron chi connectivity index (χ2n) is 10.2. The van der Waals surface area contributed by atoms with Crippen LogP contribution in [0.1, 0.15) is 50.8 Å². The lowest BCUT2D eigenvalue weighted by Gasteiger charge is -2.26. The predicted octanol–water partition coefficient (Wildman–Crippen LogP) is 3.63. The van der Waals surface area contributed by atoms with E-state index in [2.05, 4.69) is 39.6 Å². The second-order valence-corrected chi connectivity index (χ2v) is 10.2. The number of carbonyl (C=O) groups excluding carboxylic acids is 1. The topological polar surface area (TPSA) is 103 Å². The number of carbonyl (C=O) groups is 1. The predicted molar refractivity (Wildman–Crippen MR) is 149 cm³/mol. The van der Waals surface area contributed by atoms with Crippen LogP contribution in [0.25, 0.3) is 10.9 Å². The van der Waals surface area contributed by atoms with Crippen LogP contribution in [0, 0.1) is 0 Å². The Morgan fingerprint density at radius 1 is 1.24 bits per heavy atom. The molecule has 0 aliphatic carbocycles. The van der Waals surface area contributed by atoms with Gasteiger partial charge >= 0.3 is 0 Å². The minimum Gasteiger partial charge on any atom is -0.380 e. The summed E-state index contributed by atoms with van der Waals surface area (Å²) < 4.78 is 6.49. The molecule has 38 heavy (non-hydrogen) atoms. The SMILES string of the molecule is CO[C@H](C)CN(CCCCc1ccc2c(n1)NCCC2)CC[C@H](Nc1c2ccccc2nc[n+]1O)C(C)=O. The maximum Gasteiger partial charge on any atom is 0.271 e. The molecule has 204 valence electrons. The molecule has 2 atom stereocenters. The molecule has 0 bridgehead atoms. The summed E-state index contributed by atoms with van der Waals surface area (Å²) in [6.07, 6.45) is 7.36. The summed E-state index contributed by atoms with van der Waals surface area (Å²) in [5, 5.41) is 17.9. The van der Waals surface area contributed by atoms with Gasteiger partial charge in [-0.2, -0.15) is 0 Å². The molecule has 9 nitrogen and oxygen atoms in total. The number of nitrogens with zero attached hydrogens (tertiary/aromatic N) is 4. The van der Waals surface area contributed by atoms with Gasteiger partial charge in [0.2, 0.25) is 0 Å². The number of para-hydroxylation sites is 1. The first-order chi connectivity index (χ1) is 18.4. The molecular formula is C29H41N6O3+. The average molecular weight is 522 g/mol. The van der Waals surface area contributed by atoms with E-state index in [0.29, 0.717) is 12.2 Å². The number of unbranched alkanes of at least 4 members (excludes halogenated alkanes) is 1. The molecule has 0 spiro atoms. The average Bonchev–Trinajstić information content (AvgIpc) is 2.93. The van der Waals surface area contributed by atoms with E-state index in [4.69, 9.17) is 9.72 Å². The number of aromatic nitrogens is 3. The number of Topliss-reactive ketones (excluding diaryl/α,β-unsaturated/α-hetero) is 1. The zero-order valence-corrected chi connectivity index (χ0v) is 22.8. The lowest BCUT2D eigenvalue weighted by Crippen LogP contribution is -2.42. The number of ketones is 1. The van der Waals surface area contributed by atoms with Crippen molar-refractivity contribution in [3.05, 3.63) is 54.0 Å². The van der Waals surface area contributed by atoms with Gasteiger partial charge in [-0.25, -0.2) is 4.98 Å². The molecule has 0 saturated carbocycles. The number of anilines is 2. The first-order valence-electron chi connectivity index (χ1n) is 13.7. The van der Waals surface area contributed by atoms with Gasteiger partial charge in [0.1, 0.15) is 11.9 Å². The Balaban J connectivity index is 1.34.